The Morgan fingerprint density at radius 2 is 0.889 bits per heavy atom. The molecule has 2 N–H and O–H groups in total. The van der Waals surface area contributed by atoms with Crippen LogP contribution in [0.25, 0.3) is 0 Å². The molecule has 0 unspecified atom stereocenters. The molecule has 0 atom stereocenters. The van der Waals surface area contributed by atoms with E-state index in [0.717, 1.165) is 7.11 Å². The average Bonchev–Trinajstić information content (AvgIpc) is 1.72. The van der Waals surface area contributed by atoms with E-state index in [0.29, 0.717) is 0 Å². The third kappa shape index (κ3) is 43400. The van der Waals surface area contributed by atoms with Crippen LogP contribution in [-0.2, 0) is 0 Å². The summed E-state index contributed by atoms with van der Waals surface area (Å²) >= 11 is 0. The number of hydrogen-bond donors (Lipinski definition) is 2. The van der Waals surface area contributed by atoms with Gasteiger partial charge in [-0.2, -0.15) is 0 Å². The Hall–Kier alpha value is -0.0800. The molecule has 0 amide bonds. The maximum atomic E-state index is 8.52. The highest BCUT2D eigenvalue weighted by Gasteiger charge is 1.97. The standard InChI is InChI=1S/C4H10O.C2H6.CH4O/c1-4(2,3)5;2*1-2/h5H,1-3H3;1-2H3;2H,1H3. The Balaban J connectivity index is -0.0000000771. The lowest BCUT2D eigenvalue weighted by Gasteiger charge is -2.04. The molecule has 0 rings (SSSR count). The SMILES string of the molecule is CC.CC(C)(C)O.CO. The summed E-state index contributed by atoms with van der Waals surface area (Å²) in [5, 5.41) is 15.5. The smallest absolute Gasteiger partial charge is 0.0563 e. The maximum absolute atomic E-state index is 8.52. The Morgan fingerprint density at radius 3 is 0.889 bits per heavy atom. The Bertz CT molecular complexity index is 22.4. The Kier molecular flexibility index (Phi) is 19.2. The fourth-order valence-electron chi connectivity index (χ4n) is 0. The van der Waals surface area contributed by atoms with Crippen LogP contribution in [0.2, 0.25) is 0 Å². The fraction of sp³-hybridized carbons (Fsp3) is 1.00. The molecule has 2 nitrogen and oxygen atoms in total. The molecular weight excluding hydrogens is 116 g/mol. The van der Waals surface area contributed by atoms with Crippen molar-refractivity contribution >= 4 is 0 Å². The minimum atomic E-state index is -0.500. The summed E-state index contributed by atoms with van der Waals surface area (Å²) in [6, 6.07) is 0. The van der Waals surface area contributed by atoms with Gasteiger partial charge in [0.2, 0.25) is 0 Å². The van der Waals surface area contributed by atoms with Crippen molar-refractivity contribution < 1.29 is 10.2 Å². The lowest BCUT2D eigenvalue weighted by atomic mass is 10.2. The predicted molar refractivity (Wildman–Crippen MR) is 41.5 cm³/mol. The summed E-state index contributed by atoms with van der Waals surface area (Å²) in [6.45, 7) is 9.23. The molecule has 0 aromatic rings. The van der Waals surface area contributed by atoms with Crippen LogP contribution in [0.3, 0.4) is 0 Å². The highest BCUT2D eigenvalue weighted by atomic mass is 16.3. The summed E-state index contributed by atoms with van der Waals surface area (Å²) in [5.41, 5.74) is -0.500. The second kappa shape index (κ2) is 10.8. The lowest BCUT2D eigenvalue weighted by Crippen LogP contribution is -2.10. The number of hydrogen-bond acceptors (Lipinski definition) is 2. The summed E-state index contributed by atoms with van der Waals surface area (Å²) in [7, 11) is 1.00. The molecule has 0 spiro atoms. The summed E-state index contributed by atoms with van der Waals surface area (Å²) in [5.74, 6) is 0. The van der Waals surface area contributed by atoms with Crippen LogP contribution in [0.4, 0.5) is 0 Å². The molecule has 60 valence electrons. The topological polar surface area (TPSA) is 40.5 Å². The molecule has 0 saturated heterocycles. The van der Waals surface area contributed by atoms with Gasteiger partial charge in [-0.05, 0) is 20.8 Å². The molecule has 0 radical (unpaired) electrons. The van der Waals surface area contributed by atoms with Gasteiger partial charge in [-0.25, -0.2) is 0 Å². The van der Waals surface area contributed by atoms with Gasteiger partial charge in [0.15, 0.2) is 0 Å². The molecule has 0 saturated carbocycles. The van der Waals surface area contributed by atoms with E-state index in [4.69, 9.17) is 10.2 Å². The van der Waals surface area contributed by atoms with E-state index in [1.54, 1.807) is 20.8 Å². The number of aliphatic hydroxyl groups excluding tert-OH is 1. The molecule has 0 aliphatic heterocycles. The van der Waals surface area contributed by atoms with Gasteiger partial charge < -0.3 is 10.2 Å². The van der Waals surface area contributed by atoms with Crippen molar-refractivity contribution in [1.29, 1.82) is 0 Å². The minimum Gasteiger partial charge on any atom is -0.400 e. The van der Waals surface area contributed by atoms with Crippen LogP contribution in [0, 0.1) is 0 Å². The van der Waals surface area contributed by atoms with Gasteiger partial charge in [0, 0.05) is 7.11 Å². The van der Waals surface area contributed by atoms with Gasteiger partial charge >= 0.3 is 0 Å². The zero-order valence-corrected chi connectivity index (χ0v) is 7.39. The van der Waals surface area contributed by atoms with E-state index in [1.165, 1.54) is 0 Å². The van der Waals surface area contributed by atoms with Crippen molar-refractivity contribution in [2.45, 2.75) is 40.2 Å². The minimum absolute atomic E-state index is 0.500. The van der Waals surface area contributed by atoms with Crippen LogP contribution < -0.4 is 0 Å². The largest absolute Gasteiger partial charge is 0.400 e. The van der Waals surface area contributed by atoms with Crippen molar-refractivity contribution in [3.05, 3.63) is 0 Å². The van der Waals surface area contributed by atoms with E-state index < -0.39 is 5.60 Å². The van der Waals surface area contributed by atoms with Gasteiger partial charge in [0.05, 0.1) is 5.60 Å². The van der Waals surface area contributed by atoms with Crippen molar-refractivity contribution in [2.24, 2.45) is 0 Å². The van der Waals surface area contributed by atoms with E-state index in [2.05, 4.69) is 0 Å². The average molecular weight is 136 g/mol. The molecule has 0 aliphatic carbocycles. The first-order valence-corrected chi connectivity index (χ1v) is 3.17. The molecule has 0 aromatic carbocycles. The molecule has 0 fully saturated rings. The first kappa shape index (κ1) is 16.0. The third-order valence-electron chi connectivity index (χ3n) is 0. The van der Waals surface area contributed by atoms with Gasteiger partial charge in [-0.3, -0.25) is 0 Å². The quantitative estimate of drug-likeness (QED) is 0.528. The zero-order chi connectivity index (χ0) is 8.50. The van der Waals surface area contributed by atoms with Crippen molar-refractivity contribution in [1.82, 2.24) is 0 Å². The normalized spacial score (nSPS) is 8.00. The van der Waals surface area contributed by atoms with E-state index in [-0.39, 0.29) is 0 Å². The van der Waals surface area contributed by atoms with Crippen LogP contribution >= 0.6 is 0 Å². The zero-order valence-electron chi connectivity index (χ0n) is 7.39. The molecule has 0 bridgehead atoms. The van der Waals surface area contributed by atoms with Crippen LogP contribution in [-0.4, -0.2) is 22.9 Å². The van der Waals surface area contributed by atoms with Gasteiger partial charge in [0.1, 0.15) is 0 Å². The monoisotopic (exact) mass is 136 g/mol. The highest BCUT2D eigenvalue weighted by Crippen LogP contribution is 1.93. The predicted octanol–water partition coefficient (Wildman–Crippen LogP) is 1.41. The number of aliphatic hydroxyl groups is 2. The first-order valence-electron chi connectivity index (χ1n) is 3.17. The summed E-state index contributed by atoms with van der Waals surface area (Å²) < 4.78 is 0. The maximum Gasteiger partial charge on any atom is 0.0563 e. The second-order valence-corrected chi connectivity index (χ2v) is 2.17. The molecule has 0 aromatic heterocycles. The van der Waals surface area contributed by atoms with Crippen LogP contribution in [0.15, 0.2) is 0 Å². The molecular formula is C7H20O2. The lowest BCUT2D eigenvalue weighted by molar-refractivity contribution is 0.102. The van der Waals surface area contributed by atoms with Crippen molar-refractivity contribution in [3.63, 3.8) is 0 Å². The van der Waals surface area contributed by atoms with Crippen molar-refractivity contribution in [3.8, 4) is 0 Å². The van der Waals surface area contributed by atoms with E-state index in [9.17, 15) is 0 Å². The molecule has 0 aliphatic rings. The fourth-order valence-corrected chi connectivity index (χ4v) is 0. The van der Waals surface area contributed by atoms with Crippen LogP contribution in [0.1, 0.15) is 34.6 Å². The Morgan fingerprint density at radius 1 is 0.889 bits per heavy atom. The van der Waals surface area contributed by atoms with Gasteiger partial charge in [0.25, 0.3) is 0 Å². The third-order valence-corrected chi connectivity index (χ3v) is 0. The molecule has 9 heavy (non-hydrogen) atoms. The first-order chi connectivity index (χ1) is 4.00. The Labute approximate surface area is 58.5 Å². The van der Waals surface area contributed by atoms with Crippen LogP contribution in [0.5, 0.6) is 0 Å². The molecule has 2 heteroatoms. The van der Waals surface area contributed by atoms with Gasteiger partial charge in [-0.1, -0.05) is 13.8 Å². The summed E-state index contributed by atoms with van der Waals surface area (Å²) in [6.07, 6.45) is 0. The van der Waals surface area contributed by atoms with Crippen molar-refractivity contribution in [2.75, 3.05) is 7.11 Å². The number of rotatable bonds is 0. The highest BCUT2D eigenvalue weighted by molar-refractivity contribution is 4.50. The van der Waals surface area contributed by atoms with E-state index in [1.807, 2.05) is 13.8 Å². The second-order valence-electron chi connectivity index (χ2n) is 2.17. The molecule has 0 heterocycles. The summed E-state index contributed by atoms with van der Waals surface area (Å²) in [4.78, 5) is 0. The van der Waals surface area contributed by atoms with Gasteiger partial charge in [-0.15, -0.1) is 0 Å². The van der Waals surface area contributed by atoms with E-state index >= 15 is 0 Å².